The molecule has 2 atom stereocenters. The number of fused-ring (bicyclic) bond motifs is 4. The van der Waals surface area contributed by atoms with Gasteiger partial charge in [-0.2, -0.15) is 0 Å². The molecule has 3 saturated heterocycles. The number of hydrogen-bond acceptors (Lipinski definition) is 7. The number of nitrogens with one attached hydrogen (secondary N) is 2. The summed E-state index contributed by atoms with van der Waals surface area (Å²) in [6, 6.07) is 8.12. The minimum absolute atomic E-state index is 0.317. The van der Waals surface area contributed by atoms with Crippen molar-refractivity contribution in [1.82, 2.24) is 25.2 Å². The van der Waals surface area contributed by atoms with E-state index in [1.165, 1.54) is 18.6 Å². The fourth-order valence-corrected chi connectivity index (χ4v) is 5.51. The highest BCUT2D eigenvalue weighted by Gasteiger charge is 2.37. The van der Waals surface area contributed by atoms with Crippen LogP contribution in [0.1, 0.15) is 12.2 Å². The Kier molecular flexibility index (Phi) is 4.43. The summed E-state index contributed by atoms with van der Waals surface area (Å²) in [7, 11) is 0. The van der Waals surface area contributed by atoms with E-state index in [0.717, 1.165) is 60.7 Å². The molecule has 1 aromatic carbocycles. The SMILES string of the molecule is Fc1cc(-c2nc(N3CCOCC3)c3oc(CN4CC5CC4CN5)cc3n2)c2cc[nH]c2c1. The van der Waals surface area contributed by atoms with Gasteiger partial charge in [0.2, 0.25) is 0 Å². The summed E-state index contributed by atoms with van der Waals surface area (Å²) in [5.41, 5.74) is 2.85. The van der Waals surface area contributed by atoms with Crippen molar-refractivity contribution in [3.63, 3.8) is 0 Å². The second-order valence-corrected chi connectivity index (χ2v) is 9.21. The number of H-pyrrole nitrogens is 1. The molecule has 0 aliphatic carbocycles. The van der Waals surface area contributed by atoms with Crippen LogP contribution in [0.2, 0.25) is 0 Å². The molecule has 6 heterocycles. The van der Waals surface area contributed by atoms with Crippen LogP contribution in [0.15, 0.2) is 34.9 Å². The molecular formula is C24H25FN6O2. The first-order valence-electron chi connectivity index (χ1n) is 11.6. The lowest BCUT2D eigenvalue weighted by molar-refractivity contribution is 0.122. The minimum atomic E-state index is -0.317. The normalized spacial score (nSPS) is 23.4. The Morgan fingerprint density at radius 2 is 2.06 bits per heavy atom. The second-order valence-electron chi connectivity index (χ2n) is 9.21. The first kappa shape index (κ1) is 19.5. The monoisotopic (exact) mass is 448 g/mol. The van der Waals surface area contributed by atoms with Gasteiger partial charge in [0.25, 0.3) is 0 Å². The maximum atomic E-state index is 14.4. The summed E-state index contributed by atoms with van der Waals surface area (Å²) in [6.07, 6.45) is 3.01. The lowest BCUT2D eigenvalue weighted by atomic mass is 10.1. The molecule has 9 heteroatoms. The van der Waals surface area contributed by atoms with Crippen molar-refractivity contribution in [1.29, 1.82) is 0 Å². The number of rotatable bonds is 4. The first-order chi connectivity index (χ1) is 16.2. The van der Waals surface area contributed by atoms with E-state index in [2.05, 4.69) is 20.1 Å². The number of furan rings is 1. The number of aromatic nitrogens is 3. The van der Waals surface area contributed by atoms with Gasteiger partial charge in [-0.25, -0.2) is 14.4 Å². The summed E-state index contributed by atoms with van der Waals surface area (Å²) in [4.78, 5) is 17.5. The fourth-order valence-electron chi connectivity index (χ4n) is 5.51. The molecule has 3 aliphatic heterocycles. The van der Waals surface area contributed by atoms with Gasteiger partial charge >= 0.3 is 0 Å². The number of likely N-dealkylation sites (tertiary alicyclic amines) is 1. The highest BCUT2D eigenvalue weighted by molar-refractivity contribution is 5.95. The molecular weight excluding hydrogens is 423 g/mol. The van der Waals surface area contributed by atoms with Crippen LogP contribution in [0, 0.1) is 5.82 Å². The zero-order chi connectivity index (χ0) is 21.9. The predicted molar refractivity (Wildman–Crippen MR) is 123 cm³/mol. The highest BCUT2D eigenvalue weighted by atomic mass is 19.1. The van der Waals surface area contributed by atoms with E-state index in [1.54, 1.807) is 0 Å². The first-order valence-corrected chi connectivity index (χ1v) is 11.6. The van der Waals surface area contributed by atoms with E-state index < -0.39 is 0 Å². The van der Waals surface area contributed by atoms with E-state index in [4.69, 9.17) is 19.1 Å². The third kappa shape index (κ3) is 3.30. The van der Waals surface area contributed by atoms with Crippen molar-refractivity contribution >= 4 is 27.8 Å². The number of anilines is 1. The van der Waals surface area contributed by atoms with Crippen LogP contribution in [0.4, 0.5) is 10.2 Å². The Morgan fingerprint density at radius 1 is 1.15 bits per heavy atom. The number of piperazine rings is 1. The van der Waals surface area contributed by atoms with Crippen molar-refractivity contribution in [2.24, 2.45) is 0 Å². The summed E-state index contributed by atoms with van der Waals surface area (Å²) in [5, 5.41) is 4.44. The molecule has 0 saturated carbocycles. The van der Waals surface area contributed by atoms with Crippen LogP contribution in [-0.2, 0) is 11.3 Å². The molecule has 0 spiro atoms. The van der Waals surface area contributed by atoms with Gasteiger partial charge in [-0.3, -0.25) is 4.90 Å². The lowest BCUT2D eigenvalue weighted by Gasteiger charge is -2.28. The topological polar surface area (TPSA) is 82.4 Å². The molecule has 4 aromatic rings. The van der Waals surface area contributed by atoms with Crippen LogP contribution in [-0.4, -0.2) is 71.3 Å². The van der Waals surface area contributed by atoms with E-state index >= 15 is 0 Å². The Morgan fingerprint density at radius 3 is 2.88 bits per heavy atom. The van der Waals surface area contributed by atoms with Crippen LogP contribution in [0.5, 0.6) is 0 Å². The average Bonchev–Trinajstić information content (AvgIpc) is 3.62. The number of halogens is 1. The van der Waals surface area contributed by atoms with E-state index in [1.807, 2.05) is 18.3 Å². The molecule has 2 N–H and O–H groups in total. The maximum Gasteiger partial charge on any atom is 0.195 e. The molecule has 7 rings (SSSR count). The zero-order valence-electron chi connectivity index (χ0n) is 18.2. The molecule has 33 heavy (non-hydrogen) atoms. The number of hydrogen-bond donors (Lipinski definition) is 2. The zero-order valence-corrected chi connectivity index (χ0v) is 18.2. The maximum absolute atomic E-state index is 14.4. The number of aromatic amines is 1. The van der Waals surface area contributed by atoms with Gasteiger partial charge in [0.15, 0.2) is 17.2 Å². The van der Waals surface area contributed by atoms with Crippen molar-refractivity contribution in [3.8, 4) is 11.4 Å². The van der Waals surface area contributed by atoms with Crippen molar-refractivity contribution in [2.45, 2.75) is 25.0 Å². The Labute approximate surface area is 189 Å². The Bertz CT molecular complexity index is 1340. The summed E-state index contributed by atoms with van der Waals surface area (Å²) in [6.45, 7) is 5.58. The molecule has 3 aromatic heterocycles. The molecule has 2 unspecified atom stereocenters. The third-order valence-electron chi connectivity index (χ3n) is 7.12. The van der Waals surface area contributed by atoms with Gasteiger partial charge in [0.1, 0.15) is 17.1 Å². The standard InChI is InChI=1S/C24H25FN6O2/c25-14-7-19(18-1-2-26-20(18)8-14)23-28-21-10-17(13-31-12-15-9-16(31)11-27-15)33-22(21)24(29-23)30-3-5-32-6-4-30/h1-2,7-8,10,15-16,26-27H,3-6,9,11-13H2. The van der Waals surface area contributed by atoms with E-state index in [-0.39, 0.29) is 5.82 Å². The summed E-state index contributed by atoms with van der Waals surface area (Å²) >= 11 is 0. The molecule has 0 amide bonds. The van der Waals surface area contributed by atoms with Crippen molar-refractivity contribution in [3.05, 3.63) is 42.0 Å². The van der Waals surface area contributed by atoms with Gasteiger partial charge in [-0.1, -0.05) is 0 Å². The van der Waals surface area contributed by atoms with Gasteiger partial charge in [0.05, 0.1) is 19.8 Å². The average molecular weight is 449 g/mol. The summed E-state index contributed by atoms with van der Waals surface area (Å²) < 4.78 is 26.3. The Balaban J connectivity index is 1.34. The Hall–Kier alpha value is -3.01. The van der Waals surface area contributed by atoms with Crippen molar-refractivity contribution in [2.75, 3.05) is 44.3 Å². The van der Waals surface area contributed by atoms with E-state index in [0.29, 0.717) is 42.3 Å². The van der Waals surface area contributed by atoms with Crippen LogP contribution in [0.3, 0.4) is 0 Å². The smallest absolute Gasteiger partial charge is 0.195 e. The largest absolute Gasteiger partial charge is 0.454 e. The molecule has 2 bridgehead atoms. The van der Waals surface area contributed by atoms with Crippen LogP contribution in [0.25, 0.3) is 33.4 Å². The molecule has 0 radical (unpaired) electrons. The molecule has 8 nitrogen and oxygen atoms in total. The second kappa shape index (κ2) is 7.51. The number of nitrogens with zero attached hydrogens (tertiary/aromatic N) is 4. The number of morpholine rings is 1. The van der Waals surface area contributed by atoms with Crippen LogP contribution < -0.4 is 10.2 Å². The quantitative estimate of drug-likeness (QED) is 0.497. The third-order valence-corrected chi connectivity index (χ3v) is 7.12. The van der Waals surface area contributed by atoms with Gasteiger partial charge < -0.3 is 24.4 Å². The summed E-state index contributed by atoms with van der Waals surface area (Å²) in [5.74, 6) is 1.83. The lowest BCUT2D eigenvalue weighted by Crippen LogP contribution is -2.42. The van der Waals surface area contributed by atoms with Crippen LogP contribution >= 0.6 is 0 Å². The van der Waals surface area contributed by atoms with E-state index in [9.17, 15) is 4.39 Å². The van der Waals surface area contributed by atoms with Crippen molar-refractivity contribution < 1.29 is 13.5 Å². The predicted octanol–water partition coefficient (Wildman–Crippen LogP) is 2.89. The molecule has 3 aliphatic rings. The fraction of sp³-hybridized carbons (Fsp3) is 0.417. The van der Waals surface area contributed by atoms with Gasteiger partial charge in [-0.05, 0) is 24.6 Å². The molecule has 3 fully saturated rings. The number of benzene rings is 1. The minimum Gasteiger partial charge on any atom is -0.454 e. The van der Waals surface area contributed by atoms with Gasteiger partial charge in [-0.15, -0.1) is 0 Å². The highest BCUT2D eigenvalue weighted by Crippen LogP contribution is 2.34. The number of ether oxygens (including phenoxy) is 1. The van der Waals surface area contributed by atoms with Gasteiger partial charge in [0, 0.05) is 67.0 Å². The molecule has 170 valence electrons.